The van der Waals surface area contributed by atoms with E-state index in [0.29, 0.717) is 12.5 Å². The van der Waals surface area contributed by atoms with Gasteiger partial charge >= 0.3 is 6.16 Å². The molecule has 1 aliphatic carbocycles. The quantitative estimate of drug-likeness (QED) is 0.478. The van der Waals surface area contributed by atoms with Crippen molar-refractivity contribution in [2.24, 2.45) is 5.92 Å². The molecule has 3 nitrogen and oxygen atoms in total. The van der Waals surface area contributed by atoms with E-state index in [1.807, 2.05) is 0 Å². The molecule has 1 saturated carbocycles. The van der Waals surface area contributed by atoms with Gasteiger partial charge in [-0.3, -0.25) is 0 Å². The Morgan fingerprint density at radius 1 is 1.40 bits per heavy atom. The summed E-state index contributed by atoms with van der Waals surface area (Å²) in [6, 6.07) is 0. The summed E-state index contributed by atoms with van der Waals surface area (Å²) in [5.74, 6) is 0.484. The molecule has 10 heavy (non-hydrogen) atoms. The minimum absolute atomic E-state index is 0.168. The van der Waals surface area contributed by atoms with E-state index >= 15 is 0 Å². The average Bonchev–Trinajstić information content (AvgIpc) is 2.33. The van der Waals surface area contributed by atoms with Gasteiger partial charge in [0.1, 0.15) is 12.7 Å². The fourth-order valence-corrected chi connectivity index (χ4v) is 1.68. The number of cyclic esters (lactones) is 1. The first-order chi connectivity index (χ1) is 4.86. The van der Waals surface area contributed by atoms with Crippen molar-refractivity contribution in [2.75, 3.05) is 6.61 Å². The molecule has 0 aromatic heterocycles. The fraction of sp³-hybridized carbons (Fsp3) is 0.857. The standard InChI is InChI=1S/C7H10O3/c8-7-9-4-5-2-1-3-6(5)10-7/h5-6H,1-4H2. The second kappa shape index (κ2) is 2.15. The van der Waals surface area contributed by atoms with Crippen LogP contribution in [0.1, 0.15) is 19.3 Å². The summed E-state index contributed by atoms with van der Waals surface area (Å²) in [7, 11) is 0. The molecule has 1 aliphatic heterocycles. The van der Waals surface area contributed by atoms with Gasteiger partial charge in [0.15, 0.2) is 0 Å². The zero-order valence-corrected chi connectivity index (χ0v) is 5.71. The molecule has 56 valence electrons. The molecule has 1 saturated heterocycles. The monoisotopic (exact) mass is 142 g/mol. The van der Waals surface area contributed by atoms with E-state index in [-0.39, 0.29) is 6.10 Å². The molecule has 0 aromatic carbocycles. The molecule has 0 bridgehead atoms. The second-order valence-electron chi connectivity index (χ2n) is 2.91. The molecule has 2 unspecified atom stereocenters. The van der Waals surface area contributed by atoms with Crippen molar-refractivity contribution < 1.29 is 14.3 Å². The SMILES string of the molecule is O=C1OCC2CCCC2O1. The Morgan fingerprint density at radius 2 is 2.30 bits per heavy atom. The second-order valence-corrected chi connectivity index (χ2v) is 2.91. The predicted octanol–water partition coefficient (Wildman–Crippen LogP) is 1.32. The third-order valence-electron chi connectivity index (χ3n) is 2.25. The molecule has 2 rings (SSSR count). The Balaban J connectivity index is 2.03. The Morgan fingerprint density at radius 3 is 3.20 bits per heavy atom. The van der Waals surface area contributed by atoms with Crippen LogP contribution in [0.2, 0.25) is 0 Å². The molecule has 2 atom stereocenters. The first kappa shape index (κ1) is 6.01. The van der Waals surface area contributed by atoms with Crippen molar-refractivity contribution in [2.45, 2.75) is 25.4 Å². The molecule has 0 radical (unpaired) electrons. The molecule has 0 spiro atoms. The van der Waals surface area contributed by atoms with Gasteiger partial charge in [0.05, 0.1) is 0 Å². The Labute approximate surface area is 59.3 Å². The van der Waals surface area contributed by atoms with Gasteiger partial charge in [-0.2, -0.15) is 0 Å². The minimum atomic E-state index is -0.483. The lowest BCUT2D eigenvalue weighted by atomic mass is 10.1. The summed E-state index contributed by atoms with van der Waals surface area (Å²) >= 11 is 0. The lowest BCUT2D eigenvalue weighted by molar-refractivity contribution is -0.0462. The molecule has 0 aromatic rings. The van der Waals surface area contributed by atoms with Crippen LogP contribution in [0.3, 0.4) is 0 Å². The largest absolute Gasteiger partial charge is 0.508 e. The van der Waals surface area contributed by atoms with Crippen molar-refractivity contribution in [3.8, 4) is 0 Å². The third-order valence-corrected chi connectivity index (χ3v) is 2.25. The first-order valence-corrected chi connectivity index (χ1v) is 3.69. The highest BCUT2D eigenvalue weighted by atomic mass is 16.7. The van der Waals surface area contributed by atoms with Crippen molar-refractivity contribution in [3.63, 3.8) is 0 Å². The van der Waals surface area contributed by atoms with Gasteiger partial charge in [-0.05, 0) is 19.3 Å². The fourth-order valence-electron chi connectivity index (χ4n) is 1.68. The van der Waals surface area contributed by atoms with E-state index in [0.717, 1.165) is 12.8 Å². The van der Waals surface area contributed by atoms with E-state index in [4.69, 9.17) is 9.47 Å². The van der Waals surface area contributed by atoms with E-state index in [9.17, 15) is 4.79 Å². The number of fused-ring (bicyclic) bond motifs is 1. The van der Waals surface area contributed by atoms with Crippen LogP contribution in [-0.4, -0.2) is 18.9 Å². The van der Waals surface area contributed by atoms with Crippen molar-refractivity contribution in [1.29, 1.82) is 0 Å². The van der Waals surface area contributed by atoms with Crippen LogP contribution in [-0.2, 0) is 9.47 Å². The van der Waals surface area contributed by atoms with E-state index in [1.54, 1.807) is 0 Å². The van der Waals surface area contributed by atoms with Crippen molar-refractivity contribution >= 4 is 6.16 Å². The highest BCUT2D eigenvalue weighted by Gasteiger charge is 2.35. The normalized spacial score (nSPS) is 38.2. The van der Waals surface area contributed by atoms with Gasteiger partial charge in [0.2, 0.25) is 0 Å². The van der Waals surface area contributed by atoms with Gasteiger partial charge in [-0.15, -0.1) is 0 Å². The van der Waals surface area contributed by atoms with Crippen LogP contribution in [0, 0.1) is 5.92 Å². The summed E-state index contributed by atoms with van der Waals surface area (Å²) < 4.78 is 9.68. The van der Waals surface area contributed by atoms with E-state index < -0.39 is 6.16 Å². The number of hydrogen-bond acceptors (Lipinski definition) is 3. The maximum Gasteiger partial charge on any atom is 0.508 e. The number of rotatable bonds is 0. The summed E-state index contributed by atoms with van der Waals surface area (Å²) in [5, 5.41) is 0. The predicted molar refractivity (Wildman–Crippen MR) is 33.6 cm³/mol. The zero-order chi connectivity index (χ0) is 6.97. The Kier molecular flexibility index (Phi) is 1.29. The highest BCUT2D eigenvalue weighted by Crippen LogP contribution is 2.31. The Bertz CT molecular complexity index is 155. The Hall–Kier alpha value is -0.730. The average molecular weight is 142 g/mol. The molecular weight excluding hydrogens is 132 g/mol. The minimum Gasteiger partial charge on any atom is -0.434 e. The maximum atomic E-state index is 10.6. The van der Waals surface area contributed by atoms with Gasteiger partial charge < -0.3 is 9.47 Å². The summed E-state index contributed by atoms with van der Waals surface area (Å²) in [6.45, 7) is 0.573. The van der Waals surface area contributed by atoms with Crippen LogP contribution < -0.4 is 0 Å². The van der Waals surface area contributed by atoms with Gasteiger partial charge in [0, 0.05) is 5.92 Å². The summed E-state index contributed by atoms with van der Waals surface area (Å²) in [6.07, 6.45) is 3.04. The van der Waals surface area contributed by atoms with E-state index in [1.165, 1.54) is 6.42 Å². The molecule has 0 amide bonds. The third kappa shape index (κ3) is 0.856. The topological polar surface area (TPSA) is 35.5 Å². The zero-order valence-electron chi connectivity index (χ0n) is 5.71. The highest BCUT2D eigenvalue weighted by molar-refractivity contribution is 5.60. The van der Waals surface area contributed by atoms with Crippen LogP contribution in [0.25, 0.3) is 0 Å². The molecule has 2 fully saturated rings. The first-order valence-electron chi connectivity index (χ1n) is 3.69. The molecule has 1 heterocycles. The maximum absolute atomic E-state index is 10.6. The number of ether oxygens (including phenoxy) is 2. The van der Waals surface area contributed by atoms with Crippen LogP contribution in [0.5, 0.6) is 0 Å². The molecule has 0 N–H and O–H groups in total. The van der Waals surface area contributed by atoms with Crippen LogP contribution in [0.4, 0.5) is 4.79 Å². The summed E-state index contributed by atoms with van der Waals surface area (Å²) in [5.41, 5.74) is 0. The lowest BCUT2D eigenvalue weighted by Crippen LogP contribution is -2.32. The van der Waals surface area contributed by atoms with Crippen LogP contribution >= 0.6 is 0 Å². The number of carbonyl (C=O) groups excluding carboxylic acids is 1. The number of carbonyl (C=O) groups is 1. The summed E-state index contributed by atoms with van der Waals surface area (Å²) in [4.78, 5) is 10.6. The van der Waals surface area contributed by atoms with Crippen molar-refractivity contribution in [3.05, 3.63) is 0 Å². The van der Waals surface area contributed by atoms with Gasteiger partial charge in [-0.1, -0.05) is 0 Å². The molecular formula is C7H10O3. The molecule has 2 aliphatic rings. The van der Waals surface area contributed by atoms with E-state index in [2.05, 4.69) is 0 Å². The van der Waals surface area contributed by atoms with Gasteiger partial charge in [-0.25, -0.2) is 4.79 Å². The van der Waals surface area contributed by atoms with Crippen LogP contribution in [0.15, 0.2) is 0 Å². The van der Waals surface area contributed by atoms with Crippen molar-refractivity contribution in [1.82, 2.24) is 0 Å². The number of hydrogen-bond donors (Lipinski definition) is 0. The van der Waals surface area contributed by atoms with Gasteiger partial charge in [0.25, 0.3) is 0 Å². The smallest absolute Gasteiger partial charge is 0.434 e. The molecule has 3 heteroatoms. The lowest BCUT2D eigenvalue weighted by Gasteiger charge is -2.24.